The quantitative estimate of drug-likeness (QED) is 0.526. The first-order valence-corrected chi connectivity index (χ1v) is 6.96. The van der Waals surface area contributed by atoms with Crippen molar-refractivity contribution in [2.75, 3.05) is 0 Å². The van der Waals surface area contributed by atoms with Gasteiger partial charge in [-0.3, -0.25) is 0 Å². The average Bonchev–Trinajstić information content (AvgIpc) is 2.47. The maximum atomic E-state index is 4.64. The summed E-state index contributed by atoms with van der Waals surface area (Å²) in [6, 6.07) is 21.1. The second-order valence-electron chi connectivity index (χ2n) is 4.54. The lowest BCUT2D eigenvalue weighted by molar-refractivity contribution is -0.704. The molecule has 3 rings (SSSR count). The highest BCUT2D eigenvalue weighted by Crippen LogP contribution is 2.28. The van der Waals surface area contributed by atoms with Crippen LogP contribution in [0.3, 0.4) is 0 Å². The molecule has 0 saturated heterocycles. The van der Waals surface area contributed by atoms with Crippen LogP contribution in [-0.4, -0.2) is 0 Å². The van der Waals surface area contributed by atoms with Gasteiger partial charge in [-0.15, -0.1) is 0 Å². The highest BCUT2D eigenvalue weighted by Gasteiger charge is 2.16. The molecule has 0 atom stereocenters. The number of rotatable bonds is 2. The first-order valence-electron chi connectivity index (χ1n) is 6.51. The van der Waals surface area contributed by atoms with Crippen molar-refractivity contribution in [2.45, 2.75) is 18.5 Å². The lowest BCUT2D eigenvalue weighted by atomic mass is 10.0. The molecule has 0 aliphatic heterocycles. The maximum Gasteiger partial charge on any atom is 0.238 e. The SMILES string of the molecule is CC[n+]1c(S)cc(-c2ccccc2)c2ccccc21. The van der Waals surface area contributed by atoms with E-state index in [1.807, 2.05) is 6.07 Å². The van der Waals surface area contributed by atoms with Gasteiger partial charge in [-0.2, -0.15) is 4.57 Å². The lowest BCUT2D eigenvalue weighted by Crippen LogP contribution is -2.35. The Morgan fingerprint density at radius 3 is 2.37 bits per heavy atom. The zero-order valence-corrected chi connectivity index (χ0v) is 11.8. The summed E-state index contributed by atoms with van der Waals surface area (Å²) in [4.78, 5) is 0. The van der Waals surface area contributed by atoms with E-state index in [0.717, 1.165) is 11.6 Å². The fourth-order valence-corrected chi connectivity index (χ4v) is 2.91. The van der Waals surface area contributed by atoms with Gasteiger partial charge in [-0.05, 0) is 18.6 Å². The molecule has 0 saturated carbocycles. The van der Waals surface area contributed by atoms with E-state index in [2.05, 4.69) is 78.7 Å². The van der Waals surface area contributed by atoms with Gasteiger partial charge < -0.3 is 0 Å². The van der Waals surface area contributed by atoms with Crippen molar-refractivity contribution in [3.8, 4) is 11.1 Å². The number of hydrogen-bond donors (Lipinski definition) is 1. The molecule has 3 aromatic rings. The summed E-state index contributed by atoms with van der Waals surface area (Å²) in [5.41, 5.74) is 3.71. The number of aryl methyl sites for hydroxylation is 1. The molecule has 0 N–H and O–H groups in total. The summed E-state index contributed by atoms with van der Waals surface area (Å²) in [5, 5.41) is 2.27. The Labute approximate surface area is 118 Å². The van der Waals surface area contributed by atoms with Crippen molar-refractivity contribution < 1.29 is 4.57 Å². The molecule has 2 heteroatoms. The number of thiol groups is 1. The Kier molecular flexibility index (Phi) is 3.26. The number of pyridine rings is 1. The molecule has 1 aromatic heterocycles. The first kappa shape index (κ1) is 12.2. The first-order chi connectivity index (χ1) is 9.31. The number of nitrogens with zero attached hydrogens (tertiary/aromatic N) is 1. The van der Waals surface area contributed by atoms with Crippen LogP contribution < -0.4 is 4.57 Å². The van der Waals surface area contributed by atoms with E-state index in [1.165, 1.54) is 22.0 Å². The lowest BCUT2D eigenvalue weighted by Gasteiger charge is -2.08. The summed E-state index contributed by atoms with van der Waals surface area (Å²) in [6.45, 7) is 3.07. The summed E-state index contributed by atoms with van der Waals surface area (Å²) >= 11 is 4.64. The molecule has 2 aromatic carbocycles. The number of fused-ring (bicyclic) bond motifs is 1. The Hall–Kier alpha value is -1.80. The van der Waals surface area contributed by atoms with E-state index in [9.17, 15) is 0 Å². The fourth-order valence-electron chi connectivity index (χ4n) is 2.53. The van der Waals surface area contributed by atoms with E-state index >= 15 is 0 Å². The van der Waals surface area contributed by atoms with Crippen molar-refractivity contribution in [3.05, 3.63) is 60.7 Å². The van der Waals surface area contributed by atoms with Crippen LogP contribution in [0.2, 0.25) is 0 Å². The van der Waals surface area contributed by atoms with Gasteiger partial charge in [0.1, 0.15) is 6.54 Å². The van der Waals surface area contributed by atoms with Crippen molar-refractivity contribution >= 4 is 23.5 Å². The second kappa shape index (κ2) is 5.06. The maximum absolute atomic E-state index is 4.64. The molecule has 1 heterocycles. The van der Waals surface area contributed by atoms with Crippen LogP contribution >= 0.6 is 12.6 Å². The zero-order chi connectivity index (χ0) is 13.2. The Morgan fingerprint density at radius 2 is 1.63 bits per heavy atom. The molecular formula is C17H16NS+. The molecule has 19 heavy (non-hydrogen) atoms. The van der Waals surface area contributed by atoms with Crippen LogP contribution in [0.5, 0.6) is 0 Å². The van der Waals surface area contributed by atoms with E-state index in [4.69, 9.17) is 0 Å². The summed E-state index contributed by atoms with van der Waals surface area (Å²) in [5.74, 6) is 0. The van der Waals surface area contributed by atoms with E-state index in [-0.39, 0.29) is 0 Å². The topological polar surface area (TPSA) is 3.88 Å². The molecular weight excluding hydrogens is 250 g/mol. The smallest absolute Gasteiger partial charge is 0.187 e. The highest BCUT2D eigenvalue weighted by molar-refractivity contribution is 7.80. The van der Waals surface area contributed by atoms with Crippen LogP contribution in [0.4, 0.5) is 0 Å². The van der Waals surface area contributed by atoms with Crippen LogP contribution in [0.25, 0.3) is 22.0 Å². The summed E-state index contributed by atoms with van der Waals surface area (Å²) in [7, 11) is 0. The number of benzene rings is 2. The molecule has 0 aliphatic rings. The van der Waals surface area contributed by atoms with Gasteiger partial charge in [0.2, 0.25) is 10.5 Å². The summed E-state index contributed by atoms with van der Waals surface area (Å²) < 4.78 is 2.23. The normalized spacial score (nSPS) is 10.8. The van der Waals surface area contributed by atoms with Gasteiger partial charge in [-0.1, -0.05) is 55.1 Å². The van der Waals surface area contributed by atoms with Crippen LogP contribution in [0.1, 0.15) is 6.92 Å². The van der Waals surface area contributed by atoms with Crippen molar-refractivity contribution in [1.29, 1.82) is 0 Å². The minimum absolute atomic E-state index is 0.925. The number of hydrogen-bond acceptors (Lipinski definition) is 1. The van der Waals surface area contributed by atoms with E-state index in [0.29, 0.717) is 0 Å². The molecule has 94 valence electrons. The van der Waals surface area contributed by atoms with Gasteiger partial charge in [0.25, 0.3) is 0 Å². The van der Waals surface area contributed by atoms with Crippen molar-refractivity contribution in [3.63, 3.8) is 0 Å². The van der Waals surface area contributed by atoms with Crippen LogP contribution in [0, 0.1) is 0 Å². The Balaban J connectivity index is 2.38. The van der Waals surface area contributed by atoms with Gasteiger partial charge in [-0.25, -0.2) is 0 Å². The predicted octanol–water partition coefficient (Wildman–Crippen LogP) is 4.10. The number of aromatic nitrogens is 1. The van der Waals surface area contributed by atoms with Gasteiger partial charge in [0, 0.05) is 17.7 Å². The molecule has 0 aliphatic carbocycles. The molecule has 0 spiro atoms. The molecule has 0 bridgehead atoms. The van der Waals surface area contributed by atoms with Gasteiger partial charge >= 0.3 is 0 Å². The summed E-state index contributed by atoms with van der Waals surface area (Å²) in [6.07, 6.45) is 0. The van der Waals surface area contributed by atoms with E-state index < -0.39 is 0 Å². The molecule has 1 nitrogen and oxygen atoms in total. The molecule has 0 amide bonds. The third kappa shape index (κ3) is 2.13. The van der Waals surface area contributed by atoms with Crippen LogP contribution in [0.15, 0.2) is 65.7 Å². The molecule has 0 fully saturated rings. The van der Waals surface area contributed by atoms with E-state index in [1.54, 1.807) is 0 Å². The predicted molar refractivity (Wildman–Crippen MR) is 82.5 cm³/mol. The average molecular weight is 266 g/mol. The largest absolute Gasteiger partial charge is 0.238 e. The molecule has 0 radical (unpaired) electrons. The Morgan fingerprint density at radius 1 is 0.947 bits per heavy atom. The van der Waals surface area contributed by atoms with Crippen LogP contribution in [-0.2, 0) is 6.54 Å². The van der Waals surface area contributed by atoms with Crippen molar-refractivity contribution in [1.82, 2.24) is 0 Å². The Bertz CT molecular complexity index is 720. The fraction of sp³-hybridized carbons (Fsp3) is 0.118. The minimum Gasteiger partial charge on any atom is -0.187 e. The minimum atomic E-state index is 0.925. The van der Waals surface area contributed by atoms with Crippen molar-refractivity contribution in [2.24, 2.45) is 0 Å². The number of para-hydroxylation sites is 1. The zero-order valence-electron chi connectivity index (χ0n) is 10.9. The third-order valence-electron chi connectivity index (χ3n) is 3.44. The highest BCUT2D eigenvalue weighted by atomic mass is 32.1. The second-order valence-corrected chi connectivity index (χ2v) is 5.00. The third-order valence-corrected chi connectivity index (χ3v) is 3.81. The molecule has 0 unspecified atom stereocenters. The van der Waals surface area contributed by atoms with Gasteiger partial charge in [0.05, 0.1) is 5.39 Å². The standard InChI is InChI=1S/C17H15NS/c1-2-18-16-11-7-6-10-14(16)15(12-17(18)19)13-8-4-3-5-9-13/h3-12H,2H2,1H3/p+1. The monoisotopic (exact) mass is 266 g/mol. The van der Waals surface area contributed by atoms with Gasteiger partial charge in [0.15, 0.2) is 0 Å².